The second-order valence-electron chi connectivity index (χ2n) is 5.27. The summed E-state index contributed by atoms with van der Waals surface area (Å²) in [5.41, 5.74) is 4.40. The molecule has 20 heavy (non-hydrogen) atoms. The molecule has 1 aromatic heterocycles. The summed E-state index contributed by atoms with van der Waals surface area (Å²) >= 11 is 0. The molecule has 110 valence electrons. The van der Waals surface area contributed by atoms with E-state index < -0.39 is 17.2 Å². The molecule has 7 heteroatoms. The standard InChI is InChI=1S/C13H20N4O3/c1-16-10(14)9(12(19)17(2)13(16)20)11(18)15-8-6-4-3-5-7-8/h8H,3-7,14H2,1-2H3,(H,15,18). The zero-order valence-electron chi connectivity index (χ0n) is 11.8. The molecule has 1 aliphatic rings. The van der Waals surface area contributed by atoms with Gasteiger partial charge in [-0.05, 0) is 12.8 Å². The van der Waals surface area contributed by atoms with Gasteiger partial charge >= 0.3 is 5.69 Å². The van der Waals surface area contributed by atoms with Crippen molar-refractivity contribution in [1.82, 2.24) is 14.5 Å². The number of nitrogens with zero attached hydrogens (tertiary/aromatic N) is 2. The Morgan fingerprint density at radius 2 is 1.75 bits per heavy atom. The lowest BCUT2D eigenvalue weighted by Gasteiger charge is -2.23. The molecule has 1 aromatic rings. The predicted molar refractivity (Wildman–Crippen MR) is 75.7 cm³/mol. The van der Waals surface area contributed by atoms with E-state index >= 15 is 0 Å². The second-order valence-corrected chi connectivity index (χ2v) is 5.27. The van der Waals surface area contributed by atoms with Crippen LogP contribution in [0.4, 0.5) is 5.82 Å². The summed E-state index contributed by atoms with van der Waals surface area (Å²) in [4.78, 5) is 36.0. The van der Waals surface area contributed by atoms with E-state index in [0.717, 1.165) is 34.8 Å². The van der Waals surface area contributed by atoms with Crippen LogP contribution in [0.1, 0.15) is 42.5 Å². The van der Waals surface area contributed by atoms with Crippen molar-refractivity contribution in [3.63, 3.8) is 0 Å². The Kier molecular flexibility index (Phi) is 3.96. The zero-order chi connectivity index (χ0) is 14.9. The minimum atomic E-state index is -0.654. The van der Waals surface area contributed by atoms with Crippen LogP contribution >= 0.6 is 0 Å². The van der Waals surface area contributed by atoms with Crippen LogP contribution in [0.25, 0.3) is 0 Å². The fourth-order valence-electron chi connectivity index (χ4n) is 2.58. The Morgan fingerprint density at radius 3 is 2.35 bits per heavy atom. The molecule has 0 spiro atoms. The number of anilines is 1. The van der Waals surface area contributed by atoms with Crippen LogP contribution in [0.15, 0.2) is 9.59 Å². The maximum Gasteiger partial charge on any atom is 0.332 e. The van der Waals surface area contributed by atoms with Gasteiger partial charge in [-0.3, -0.25) is 18.7 Å². The molecule has 1 heterocycles. The molecule has 1 aliphatic carbocycles. The van der Waals surface area contributed by atoms with Gasteiger partial charge in [-0.15, -0.1) is 0 Å². The third-order valence-electron chi connectivity index (χ3n) is 3.88. The van der Waals surface area contributed by atoms with Crippen LogP contribution < -0.4 is 22.3 Å². The van der Waals surface area contributed by atoms with E-state index in [2.05, 4.69) is 5.32 Å². The summed E-state index contributed by atoms with van der Waals surface area (Å²) in [5, 5.41) is 2.84. The van der Waals surface area contributed by atoms with Gasteiger partial charge in [-0.2, -0.15) is 0 Å². The van der Waals surface area contributed by atoms with Crippen LogP contribution in [0.2, 0.25) is 0 Å². The minimum Gasteiger partial charge on any atom is -0.384 e. The Balaban J connectivity index is 2.35. The molecule has 7 nitrogen and oxygen atoms in total. The third-order valence-corrected chi connectivity index (χ3v) is 3.88. The van der Waals surface area contributed by atoms with Gasteiger partial charge in [0.2, 0.25) is 0 Å². The summed E-state index contributed by atoms with van der Waals surface area (Å²) in [5.74, 6) is -0.586. The van der Waals surface area contributed by atoms with Crippen LogP contribution in [0.3, 0.4) is 0 Å². The number of carbonyl (C=O) groups is 1. The lowest BCUT2D eigenvalue weighted by Crippen LogP contribution is -2.45. The second kappa shape index (κ2) is 5.52. The zero-order valence-corrected chi connectivity index (χ0v) is 11.8. The van der Waals surface area contributed by atoms with Crippen LogP contribution in [-0.2, 0) is 14.1 Å². The van der Waals surface area contributed by atoms with Gasteiger partial charge in [0.1, 0.15) is 11.4 Å². The number of aromatic nitrogens is 2. The van der Waals surface area contributed by atoms with E-state index in [-0.39, 0.29) is 17.4 Å². The molecule has 2 rings (SSSR count). The number of nitrogen functional groups attached to an aromatic ring is 1. The SMILES string of the molecule is Cn1c(N)c(C(=O)NC2CCCCC2)c(=O)n(C)c1=O. The normalized spacial score (nSPS) is 16.1. The number of amides is 1. The molecule has 3 N–H and O–H groups in total. The van der Waals surface area contributed by atoms with Crippen molar-refractivity contribution in [2.45, 2.75) is 38.1 Å². The summed E-state index contributed by atoms with van der Waals surface area (Å²) in [6.07, 6.45) is 5.16. The van der Waals surface area contributed by atoms with Crippen molar-refractivity contribution < 1.29 is 4.79 Å². The average molecular weight is 280 g/mol. The van der Waals surface area contributed by atoms with Crippen LogP contribution in [-0.4, -0.2) is 21.1 Å². The topological polar surface area (TPSA) is 99.1 Å². The molecular weight excluding hydrogens is 260 g/mol. The van der Waals surface area contributed by atoms with E-state index in [1.54, 1.807) is 0 Å². The van der Waals surface area contributed by atoms with Gasteiger partial charge in [0.15, 0.2) is 0 Å². The maximum atomic E-state index is 12.3. The van der Waals surface area contributed by atoms with E-state index in [1.165, 1.54) is 20.5 Å². The molecular formula is C13H20N4O3. The molecule has 0 atom stereocenters. The highest BCUT2D eigenvalue weighted by molar-refractivity contribution is 5.98. The maximum absolute atomic E-state index is 12.3. The summed E-state index contributed by atoms with van der Waals surface area (Å²) in [6, 6.07) is 0.0811. The van der Waals surface area contributed by atoms with E-state index in [9.17, 15) is 14.4 Å². The molecule has 0 aromatic carbocycles. The molecule has 0 unspecified atom stereocenters. The Bertz CT molecular complexity index is 638. The van der Waals surface area contributed by atoms with Gasteiger partial charge in [0.25, 0.3) is 11.5 Å². The highest BCUT2D eigenvalue weighted by atomic mass is 16.2. The fourth-order valence-corrected chi connectivity index (χ4v) is 2.58. The Hall–Kier alpha value is -2.05. The Morgan fingerprint density at radius 1 is 1.15 bits per heavy atom. The molecule has 1 saturated carbocycles. The first kappa shape index (κ1) is 14.4. The van der Waals surface area contributed by atoms with Crippen molar-refractivity contribution in [3.05, 3.63) is 26.4 Å². The van der Waals surface area contributed by atoms with E-state index in [1.807, 2.05) is 0 Å². The molecule has 1 fully saturated rings. The molecule has 0 aliphatic heterocycles. The van der Waals surface area contributed by atoms with Crippen LogP contribution in [0, 0.1) is 0 Å². The van der Waals surface area contributed by atoms with Gasteiger partial charge < -0.3 is 11.1 Å². The number of hydrogen-bond acceptors (Lipinski definition) is 4. The summed E-state index contributed by atoms with van der Waals surface area (Å²) < 4.78 is 2.00. The number of rotatable bonds is 2. The third kappa shape index (κ3) is 2.48. The van der Waals surface area contributed by atoms with Crippen molar-refractivity contribution in [2.24, 2.45) is 14.1 Å². The van der Waals surface area contributed by atoms with Gasteiger partial charge in [-0.25, -0.2) is 4.79 Å². The smallest absolute Gasteiger partial charge is 0.332 e. The lowest BCUT2D eigenvalue weighted by molar-refractivity contribution is 0.0925. The summed E-state index contributed by atoms with van der Waals surface area (Å²) in [6.45, 7) is 0. The Labute approximate surface area is 116 Å². The minimum absolute atomic E-state index is 0.0811. The number of nitrogens with one attached hydrogen (secondary N) is 1. The largest absolute Gasteiger partial charge is 0.384 e. The fraction of sp³-hybridized carbons (Fsp3) is 0.615. The van der Waals surface area contributed by atoms with Crippen molar-refractivity contribution in [1.29, 1.82) is 0 Å². The molecule has 0 saturated heterocycles. The molecule has 0 radical (unpaired) electrons. The lowest BCUT2D eigenvalue weighted by atomic mass is 9.95. The first-order chi connectivity index (χ1) is 9.43. The monoisotopic (exact) mass is 280 g/mol. The van der Waals surface area contributed by atoms with Crippen molar-refractivity contribution in [3.8, 4) is 0 Å². The van der Waals surface area contributed by atoms with Crippen molar-refractivity contribution in [2.75, 3.05) is 5.73 Å². The first-order valence-corrected chi connectivity index (χ1v) is 6.80. The number of nitrogens with two attached hydrogens (primary N) is 1. The number of hydrogen-bond donors (Lipinski definition) is 2. The quantitative estimate of drug-likeness (QED) is 0.779. The van der Waals surface area contributed by atoms with Gasteiger partial charge in [0, 0.05) is 20.1 Å². The average Bonchev–Trinajstić information content (AvgIpc) is 2.44. The predicted octanol–water partition coefficient (Wildman–Crippen LogP) is -0.271. The van der Waals surface area contributed by atoms with E-state index in [0.29, 0.717) is 0 Å². The van der Waals surface area contributed by atoms with Gasteiger partial charge in [0.05, 0.1) is 0 Å². The number of carbonyl (C=O) groups excluding carboxylic acids is 1. The van der Waals surface area contributed by atoms with Crippen LogP contribution in [0.5, 0.6) is 0 Å². The highest BCUT2D eigenvalue weighted by Gasteiger charge is 2.23. The highest BCUT2D eigenvalue weighted by Crippen LogP contribution is 2.18. The van der Waals surface area contributed by atoms with Crippen molar-refractivity contribution >= 4 is 11.7 Å². The van der Waals surface area contributed by atoms with E-state index in [4.69, 9.17) is 5.73 Å². The first-order valence-electron chi connectivity index (χ1n) is 6.80. The van der Waals surface area contributed by atoms with Gasteiger partial charge in [-0.1, -0.05) is 19.3 Å². The molecule has 0 bridgehead atoms. The summed E-state index contributed by atoms with van der Waals surface area (Å²) in [7, 11) is 2.77. The molecule has 1 amide bonds.